The van der Waals surface area contributed by atoms with Gasteiger partial charge < -0.3 is 19.9 Å². The van der Waals surface area contributed by atoms with Crippen LogP contribution in [-0.2, 0) is 11.3 Å². The van der Waals surface area contributed by atoms with Crippen LogP contribution in [0.5, 0.6) is 11.5 Å². The fourth-order valence-corrected chi connectivity index (χ4v) is 2.06. The third kappa shape index (κ3) is 4.74. The van der Waals surface area contributed by atoms with Gasteiger partial charge in [-0.3, -0.25) is 4.79 Å². The zero-order chi connectivity index (χ0) is 17.5. The number of methoxy groups -OCH3 is 1. The van der Waals surface area contributed by atoms with E-state index in [1.165, 1.54) is 12.1 Å². The highest BCUT2D eigenvalue weighted by Gasteiger charge is 2.14. The number of amides is 1. The second kappa shape index (κ2) is 8.01. The van der Waals surface area contributed by atoms with Crippen molar-refractivity contribution >= 4 is 11.9 Å². The first-order valence-corrected chi connectivity index (χ1v) is 7.40. The van der Waals surface area contributed by atoms with Crippen molar-refractivity contribution in [1.82, 2.24) is 5.32 Å². The minimum atomic E-state index is -1.00. The number of carboxylic acid groups (broad SMARTS) is 1. The first kappa shape index (κ1) is 17.3. The van der Waals surface area contributed by atoms with E-state index in [-0.39, 0.29) is 18.0 Å². The molecular formula is C18H19NO5. The normalized spacial score (nSPS) is 11.4. The summed E-state index contributed by atoms with van der Waals surface area (Å²) in [7, 11) is 1.57. The zero-order valence-electron chi connectivity index (χ0n) is 13.5. The largest absolute Gasteiger partial charge is 0.497 e. The third-order valence-electron chi connectivity index (χ3n) is 3.38. The first-order chi connectivity index (χ1) is 11.5. The summed E-state index contributed by atoms with van der Waals surface area (Å²) in [5.41, 5.74) is 0.893. The summed E-state index contributed by atoms with van der Waals surface area (Å²) in [5.74, 6) is -0.0185. The molecule has 0 radical (unpaired) electrons. The van der Waals surface area contributed by atoms with E-state index in [0.29, 0.717) is 17.1 Å². The topological polar surface area (TPSA) is 84.9 Å². The summed E-state index contributed by atoms with van der Waals surface area (Å²) in [4.78, 5) is 23.0. The molecular weight excluding hydrogens is 310 g/mol. The number of benzene rings is 2. The molecule has 1 unspecified atom stereocenters. The van der Waals surface area contributed by atoms with E-state index in [4.69, 9.17) is 14.6 Å². The smallest absolute Gasteiger partial charge is 0.335 e. The van der Waals surface area contributed by atoms with Crippen LogP contribution in [0.2, 0.25) is 0 Å². The van der Waals surface area contributed by atoms with Gasteiger partial charge in [-0.25, -0.2) is 4.79 Å². The summed E-state index contributed by atoms with van der Waals surface area (Å²) in [5, 5.41) is 11.7. The van der Waals surface area contributed by atoms with E-state index in [1.54, 1.807) is 50.4 Å². The van der Waals surface area contributed by atoms with Crippen molar-refractivity contribution in [1.29, 1.82) is 0 Å². The van der Waals surface area contributed by atoms with Gasteiger partial charge in [0.1, 0.15) is 11.5 Å². The van der Waals surface area contributed by atoms with Crippen molar-refractivity contribution in [2.75, 3.05) is 7.11 Å². The van der Waals surface area contributed by atoms with Gasteiger partial charge >= 0.3 is 5.97 Å². The molecule has 0 aromatic heterocycles. The molecule has 2 rings (SSSR count). The number of carbonyl (C=O) groups is 2. The van der Waals surface area contributed by atoms with E-state index in [1.807, 2.05) is 0 Å². The maximum Gasteiger partial charge on any atom is 0.335 e. The maximum absolute atomic E-state index is 12.1. The van der Waals surface area contributed by atoms with Crippen LogP contribution < -0.4 is 14.8 Å². The van der Waals surface area contributed by atoms with Crippen LogP contribution in [-0.4, -0.2) is 30.2 Å². The lowest BCUT2D eigenvalue weighted by Gasteiger charge is -2.15. The van der Waals surface area contributed by atoms with E-state index >= 15 is 0 Å². The number of ether oxygens (including phenoxy) is 2. The Morgan fingerprint density at radius 2 is 1.79 bits per heavy atom. The number of carboxylic acids is 1. The van der Waals surface area contributed by atoms with Gasteiger partial charge in [-0.2, -0.15) is 0 Å². The van der Waals surface area contributed by atoms with Crippen LogP contribution in [0.3, 0.4) is 0 Å². The van der Waals surface area contributed by atoms with Crippen LogP contribution in [0.25, 0.3) is 0 Å². The molecule has 126 valence electrons. The lowest BCUT2D eigenvalue weighted by molar-refractivity contribution is -0.127. The number of rotatable bonds is 7. The molecule has 0 aliphatic rings. The molecule has 2 aromatic carbocycles. The standard InChI is InChI=1S/C18H19NO5/c1-12(24-16-8-6-15(23-2)7-9-16)17(20)19-11-13-4-3-5-14(10-13)18(21)22/h3-10,12H,11H2,1-2H3,(H,19,20)(H,21,22). The average molecular weight is 329 g/mol. The van der Waals surface area contributed by atoms with Crippen molar-refractivity contribution in [3.8, 4) is 11.5 Å². The molecule has 6 heteroatoms. The van der Waals surface area contributed by atoms with Gasteiger partial charge in [-0.05, 0) is 48.9 Å². The molecule has 1 amide bonds. The van der Waals surface area contributed by atoms with Crippen LogP contribution in [0.15, 0.2) is 48.5 Å². The Bertz CT molecular complexity index is 712. The van der Waals surface area contributed by atoms with E-state index in [2.05, 4.69) is 5.32 Å². The fraction of sp³-hybridized carbons (Fsp3) is 0.222. The van der Waals surface area contributed by atoms with Crippen molar-refractivity contribution in [3.05, 3.63) is 59.7 Å². The Kier molecular flexibility index (Phi) is 5.78. The lowest BCUT2D eigenvalue weighted by atomic mass is 10.1. The molecule has 0 aliphatic heterocycles. The highest BCUT2D eigenvalue weighted by atomic mass is 16.5. The minimum Gasteiger partial charge on any atom is -0.497 e. The molecule has 0 fully saturated rings. The number of hydrogen-bond acceptors (Lipinski definition) is 4. The SMILES string of the molecule is COc1ccc(OC(C)C(=O)NCc2cccc(C(=O)O)c2)cc1. The van der Waals surface area contributed by atoms with Crippen LogP contribution in [0, 0.1) is 0 Å². The maximum atomic E-state index is 12.1. The second-order valence-electron chi connectivity index (χ2n) is 5.16. The molecule has 1 atom stereocenters. The van der Waals surface area contributed by atoms with Crippen LogP contribution >= 0.6 is 0 Å². The van der Waals surface area contributed by atoms with Gasteiger partial charge in [-0.1, -0.05) is 12.1 Å². The quantitative estimate of drug-likeness (QED) is 0.815. The average Bonchev–Trinajstić information content (AvgIpc) is 2.60. The molecule has 6 nitrogen and oxygen atoms in total. The molecule has 0 saturated heterocycles. The summed E-state index contributed by atoms with van der Waals surface area (Å²) in [6.07, 6.45) is -0.680. The van der Waals surface area contributed by atoms with E-state index in [0.717, 1.165) is 0 Å². The van der Waals surface area contributed by atoms with E-state index < -0.39 is 12.1 Å². The molecule has 2 N–H and O–H groups in total. The molecule has 0 spiro atoms. The number of hydrogen-bond donors (Lipinski definition) is 2. The lowest BCUT2D eigenvalue weighted by Crippen LogP contribution is -2.35. The van der Waals surface area contributed by atoms with Crippen molar-refractivity contribution in [3.63, 3.8) is 0 Å². The summed E-state index contributed by atoms with van der Waals surface area (Å²) < 4.78 is 10.6. The Balaban J connectivity index is 1.89. The number of carbonyl (C=O) groups excluding carboxylic acids is 1. The molecule has 2 aromatic rings. The Hall–Kier alpha value is -3.02. The van der Waals surface area contributed by atoms with Crippen molar-refractivity contribution in [2.24, 2.45) is 0 Å². The van der Waals surface area contributed by atoms with Crippen LogP contribution in [0.4, 0.5) is 0 Å². The predicted molar refractivity (Wildman–Crippen MR) is 88.3 cm³/mol. The summed E-state index contributed by atoms with van der Waals surface area (Å²) in [6, 6.07) is 13.4. The Morgan fingerprint density at radius 3 is 2.42 bits per heavy atom. The zero-order valence-corrected chi connectivity index (χ0v) is 13.5. The van der Waals surface area contributed by atoms with Gasteiger partial charge in [0.05, 0.1) is 12.7 Å². The fourth-order valence-electron chi connectivity index (χ4n) is 2.06. The molecule has 24 heavy (non-hydrogen) atoms. The number of nitrogens with one attached hydrogen (secondary N) is 1. The predicted octanol–water partition coefficient (Wildman–Crippen LogP) is 2.48. The van der Waals surface area contributed by atoms with Gasteiger partial charge in [-0.15, -0.1) is 0 Å². The van der Waals surface area contributed by atoms with Gasteiger partial charge in [0.2, 0.25) is 0 Å². The number of aromatic carboxylic acids is 1. The highest BCUT2D eigenvalue weighted by molar-refractivity contribution is 5.87. The van der Waals surface area contributed by atoms with Crippen molar-refractivity contribution < 1.29 is 24.2 Å². The first-order valence-electron chi connectivity index (χ1n) is 7.40. The molecule has 0 bridgehead atoms. The molecule has 0 heterocycles. The molecule has 0 saturated carbocycles. The minimum absolute atomic E-state index is 0.185. The third-order valence-corrected chi connectivity index (χ3v) is 3.38. The van der Waals surface area contributed by atoms with Gasteiger partial charge in [0.15, 0.2) is 6.10 Å². The Labute approximate surface area is 140 Å². The monoisotopic (exact) mass is 329 g/mol. The van der Waals surface area contributed by atoms with Gasteiger partial charge in [0, 0.05) is 6.54 Å². The summed E-state index contributed by atoms with van der Waals surface area (Å²) in [6.45, 7) is 1.88. The van der Waals surface area contributed by atoms with Gasteiger partial charge in [0.25, 0.3) is 5.91 Å². The van der Waals surface area contributed by atoms with Crippen molar-refractivity contribution in [2.45, 2.75) is 19.6 Å². The van der Waals surface area contributed by atoms with E-state index in [9.17, 15) is 9.59 Å². The Morgan fingerprint density at radius 1 is 1.12 bits per heavy atom. The van der Waals surface area contributed by atoms with Crippen LogP contribution in [0.1, 0.15) is 22.8 Å². The second-order valence-corrected chi connectivity index (χ2v) is 5.16. The molecule has 0 aliphatic carbocycles. The highest BCUT2D eigenvalue weighted by Crippen LogP contribution is 2.18. The summed E-state index contributed by atoms with van der Waals surface area (Å²) >= 11 is 0.